The molecule has 26 heavy (non-hydrogen) atoms. The van der Waals surface area contributed by atoms with Gasteiger partial charge >= 0.3 is 124 Å². The van der Waals surface area contributed by atoms with E-state index in [0.717, 1.165) is 95.1 Å². The predicted octanol–water partition coefficient (Wildman–Crippen LogP) is 2.90. The van der Waals surface area contributed by atoms with Crippen LogP contribution >= 0.6 is 0 Å². The van der Waals surface area contributed by atoms with Crippen LogP contribution in [0.15, 0.2) is 36.7 Å². The molecule has 0 bridgehead atoms. The van der Waals surface area contributed by atoms with E-state index in [-0.39, 0.29) is 0 Å². The summed E-state index contributed by atoms with van der Waals surface area (Å²) in [5, 5.41) is 7.95. The summed E-state index contributed by atoms with van der Waals surface area (Å²) in [5.41, 5.74) is 6.33. The molecule has 2 aliphatic rings. The second kappa shape index (κ2) is 8.12. The summed E-state index contributed by atoms with van der Waals surface area (Å²) in [5.74, 6) is 0.952. The molecule has 0 fully saturated rings. The van der Waals surface area contributed by atoms with Gasteiger partial charge in [0.25, 0.3) is 0 Å². The van der Waals surface area contributed by atoms with E-state index in [1.807, 2.05) is 0 Å². The Morgan fingerprint density at radius 1 is 1.19 bits per heavy atom. The zero-order valence-corrected chi connectivity index (χ0v) is 19.0. The van der Waals surface area contributed by atoms with E-state index in [0.29, 0.717) is 0 Å². The van der Waals surface area contributed by atoms with Gasteiger partial charge in [0.15, 0.2) is 0 Å². The Labute approximate surface area is 171 Å². The van der Waals surface area contributed by atoms with Crippen molar-refractivity contribution in [1.82, 2.24) is 12.5 Å². The zero-order valence-electron chi connectivity index (χ0n) is 15.1. The average molecular weight is 545 g/mol. The number of benzene rings is 1. The third-order valence-electron chi connectivity index (χ3n) is 5.16. The monoisotopic (exact) mass is 545 g/mol. The van der Waals surface area contributed by atoms with Crippen LogP contribution in [0.1, 0.15) is 36.1 Å². The fourth-order valence-electron chi connectivity index (χ4n) is 3.71. The Bertz CT molecular complexity index is 801. The second-order valence-electron chi connectivity index (χ2n) is 7.17. The van der Waals surface area contributed by atoms with Gasteiger partial charge in [-0.15, -0.1) is 0 Å². The van der Waals surface area contributed by atoms with E-state index >= 15 is 0 Å². The maximum atomic E-state index is 5.96. The van der Waals surface area contributed by atoms with Gasteiger partial charge in [-0.05, 0) is 18.4 Å². The summed E-state index contributed by atoms with van der Waals surface area (Å²) in [4.78, 5) is 2.54. The predicted molar refractivity (Wildman–Crippen MR) is 105 cm³/mol. The number of allylic oxidation sites excluding steroid dienone is 1. The Kier molecular flexibility index (Phi) is 5.64. The number of nitrogens with zero attached hydrogens (tertiary/aromatic N) is 3. The molecule has 0 atom stereocenters. The average Bonchev–Trinajstić information content (AvgIpc) is 3.00. The number of rotatable bonds is 6. The summed E-state index contributed by atoms with van der Waals surface area (Å²) >= 11 is 0.977. The molecule has 5 nitrogen and oxygen atoms in total. The van der Waals surface area contributed by atoms with Gasteiger partial charge in [-0.3, -0.25) is 0 Å². The number of aryl methyl sites for hydroxylation is 1. The molecule has 0 unspecified atom stereocenters. The Hall–Kier alpha value is -1.35. The Morgan fingerprint density at radius 3 is 3.04 bits per heavy atom. The molecule has 0 aliphatic carbocycles. The van der Waals surface area contributed by atoms with Crippen molar-refractivity contribution in [3.63, 3.8) is 0 Å². The fraction of sp³-hybridized carbons (Fsp3) is 0.450. The Balaban J connectivity index is 1.19. The molecular formula is C20H25N4OPb. The summed E-state index contributed by atoms with van der Waals surface area (Å²) in [6.45, 7) is 8.13. The first-order valence-corrected chi connectivity index (χ1v) is 11.1. The van der Waals surface area contributed by atoms with Gasteiger partial charge in [0.1, 0.15) is 0 Å². The summed E-state index contributed by atoms with van der Waals surface area (Å²) in [6, 6.07) is 6.37. The van der Waals surface area contributed by atoms with Crippen molar-refractivity contribution in [3.05, 3.63) is 53.5 Å². The molecule has 1 aromatic heterocycles. The number of nitrogens with one attached hydrogen (secondary N) is 1. The number of hydrogen-bond donors (Lipinski definition) is 1. The fourth-order valence-corrected chi connectivity index (χ4v) is 4.78. The molecule has 0 amide bonds. The van der Waals surface area contributed by atoms with Crippen LogP contribution in [0.4, 0.5) is 5.69 Å². The van der Waals surface area contributed by atoms with E-state index < -0.39 is 0 Å². The van der Waals surface area contributed by atoms with Crippen LogP contribution in [0.25, 0.3) is 0 Å². The van der Waals surface area contributed by atoms with Crippen LogP contribution in [-0.2, 0) is 19.4 Å². The van der Waals surface area contributed by atoms with Gasteiger partial charge in [0.2, 0.25) is 0 Å². The summed E-state index contributed by atoms with van der Waals surface area (Å²) < 4.78 is 8.03. The van der Waals surface area contributed by atoms with Gasteiger partial charge in [-0.1, -0.05) is 12.6 Å². The Morgan fingerprint density at radius 2 is 2.12 bits per heavy atom. The molecule has 3 radical (unpaired) electrons. The zero-order chi connectivity index (χ0) is 17.9. The normalized spacial score (nSPS) is 16.7. The summed E-state index contributed by atoms with van der Waals surface area (Å²) in [6.07, 6.45) is 7.65. The molecule has 0 saturated heterocycles. The molecule has 2 aliphatic heterocycles. The van der Waals surface area contributed by atoms with Crippen molar-refractivity contribution in [2.45, 2.75) is 38.6 Å². The SMILES string of the molecule is C=C1CCc2ccc(OCCCCN3CCc4n[n]([Pb])cc4C3)cc2N1. The minimum atomic E-state index is 0.775. The van der Waals surface area contributed by atoms with E-state index in [9.17, 15) is 0 Å². The number of fused-ring (bicyclic) bond motifs is 2. The van der Waals surface area contributed by atoms with Gasteiger partial charge < -0.3 is 5.32 Å². The van der Waals surface area contributed by atoms with Crippen molar-refractivity contribution < 1.29 is 4.74 Å². The third-order valence-corrected chi connectivity index (χ3v) is 6.05. The molecule has 0 saturated carbocycles. The second-order valence-corrected chi connectivity index (χ2v) is 8.96. The standard InChI is InChI=1S/C20H25N4O.Pb/c1-15-4-5-16-6-7-18(12-20(16)22-15)25-11-3-2-9-24-10-8-19-17(14-24)13-21-23-19;/h6-7,12-13,22H,1-5,8-11,14H2;/q-1;+1. The van der Waals surface area contributed by atoms with Crippen LogP contribution in [-0.4, -0.2) is 58.3 Å². The molecule has 1 aromatic carbocycles. The molecule has 6 heteroatoms. The van der Waals surface area contributed by atoms with E-state index in [1.165, 1.54) is 23.2 Å². The number of anilines is 1. The molecule has 2 aromatic rings. The quantitative estimate of drug-likeness (QED) is 0.449. The third kappa shape index (κ3) is 4.31. The van der Waals surface area contributed by atoms with Crippen LogP contribution < -0.4 is 10.1 Å². The summed E-state index contributed by atoms with van der Waals surface area (Å²) in [7, 11) is 0. The smallest absolute Gasteiger partial charge is 0.359 e. The van der Waals surface area contributed by atoms with Crippen molar-refractivity contribution in [2.75, 3.05) is 25.0 Å². The molecule has 0 spiro atoms. The molecule has 3 heterocycles. The van der Waals surface area contributed by atoms with E-state index in [4.69, 9.17) is 4.74 Å². The minimum absolute atomic E-state index is 0.775. The van der Waals surface area contributed by atoms with Crippen molar-refractivity contribution in [3.8, 4) is 5.75 Å². The molecular weight excluding hydrogens is 519 g/mol. The number of hydrogen-bond acceptors (Lipinski definition) is 4. The molecule has 4 rings (SSSR count). The van der Waals surface area contributed by atoms with Gasteiger partial charge in [-0.2, -0.15) is 0 Å². The van der Waals surface area contributed by atoms with Crippen LogP contribution in [0, 0.1) is 0 Å². The van der Waals surface area contributed by atoms with Crippen LogP contribution in [0.5, 0.6) is 5.75 Å². The first kappa shape index (κ1) is 18.0. The molecule has 135 valence electrons. The van der Waals surface area contributed by atoms with E-state index in [2.05, 4.69) is 48.8 Å². The van der Waals surface area contributed by atoms with Crippen LogP contribution in [0.3, 0.4) is 0 Å². The van der Waals surface area contributed by atoms with Gasteiger partial charge in [0.05, 0.1) is 0 Å². The maximum absolute atomic E-state index is 5.96. The van der Waals surface area contributed by atoms with Gasteiger partial charge in [-0.25, -0.2) is 0 Å². The number of ether oxygens (including phenoxy) is 1. The number of aromatic nitrogens is 2. The minimum Gasteiger partial charge on any atom is -0.359 e. The first-order valence-electron chi connectivity index (χ1n) is 9.39. The topological polar surface area (TPSA) is 42.3 Å². The number of unbranched alkanes of at least 4 members (excludes halogenated alkanes) is 1. The van der Waals surface area contributed by atoms with Crippen LogP contribution in [0.2, 0.25) is 0 Å². The van der Waals surface area contributed by atoms with E-state index in [1.54, 1.807) is 0 Å². The van der Waals surface area contributed by atoms with Crippen molar-refractivity contribution in [1.29, 1.82) is 0 Å². The molecule has 1 N–H and O–H groups in total. The van der Waals surface area contributed by atoms with Gasteiger partial charge in [0, 0.05) is 11.4 Å². The van der Waals surface area contributed by atoms with Crippen molar-refractivity contribution >= 4 is 31.8 Å². The van der Waals surface area contributed by atoms with Crippen molar-refractivity contribution in [2.24, 2.45) is 0 Å². The first-order chi connectivity index (χ1) is 12.7.